The van der Waals surface area contributed by atoms with Crippen LogP contribution in [-0.2, 0) is 13.0 Å². The van der Waals surface area contributed by atoms with E-state index < -0.39 is 0 Å². The second-order valence-electron chi connectivity index (χ2n) is 6.92. The van der Waals surface area contributed by atoms with Gasteiger partial charge in [-0.25, -0.2) is 8.93 Å². The largest absolute Gasteiger partial charge is 0.497 e. The molecule has 0 amide bonds. The number of nitrogens with zero attached hydrogens (tertiary/aromatic N) is 3. The molecule has 0 fully saturated rings. The number of aromatic nitrogens is 2. The molecule has 0 spiro atoms. The Labute approximate surface area is 187 Å². The lowest BCUT2D eigenvalue weighted by atomic mass is 10.0. The number of rotatable bonds is 5. The van der Waals surface area contributed by atoms with Crippen LogP contribution in [0, 0.1) is 0 Å². The van der Waals surface area contributed by atoms with Crippen LogP contribution in [0.4, 0.5) is 0 Å². The van der Waals surface area contributed by atoms with E-state index in [0.29, 0.717) is 0 Å². The number of methoxy groups -OCH3 is 1. The van der Waals surface area contributed by atoms with Gasteiger partial charge in [0.1, 0.15) is 11.3 Å². The molecule has 5 nitrogen and oxygen atoms in total. The molecule has 0 saturated carbocycles. The third kappa shape index (κ3) is 4.03. The normalized spacial score (nSPS) is 14.1. The van der Waals surface area contributed by atoms with E-state index in [0.717, 1.165) is 56.0 Å². The molecule has 1 aromatic heterocycles. The zero-order valence-electron chi connectivity index (χ0n) is 16.2. The molecule has 0 unspecified atom stereocenters. The average Bonchev–Trinajstić information content (AvgIpc) is 3.26. The molecule has 30 heavy (non-hydrogen) atoms. The van der Waals surface area contributed by atoms with Crippen LogP contribution in [0.3, 0.4) is 0 Å². The van der Waals surface area contributed by atoms with E-state index in [4.69, 9.17) is 21.0 Å². The molecule has 1 aliphatic heterocycles. The number of ether oxygens (including phenoxy) is 1. The van der Waals surface area contributed by atoms with Gasteiger partial charge in [0.2, 0.25) is 0 Å². The Morgan fingerprint density at radius 1 is 0.967 bits per heavy atom. The number of halogens is 1. The Bertz CT molecular complexity index is 1200. The number of hydrogen-bond acceptors (Lipinski definition) is 7. The Hall–Kier alpha value is -2.19. The lowest BCUT2D eigenvalue weighted by molar-refractivity contribution is 0.314. The van der Waals surface area contributed by atoms with Crippen molar-refractivity contribution in [3.63, 3.8) is 0 Å². The third-order valence-electron chi connectivity index (χ3n) is 5.00. The van der Waals surface area contributed by atoms with Gasteiger partial charge in [-0.15, -0.1) is 0 Å². The maximum Gasteiger partial charge on any atom is 0.151 e. The first-order valence-corrected chi connectivity index (χ1v) is 11.4. The fourth-order valence-corrected chi connectivity index (χ4v) is 5.57. The number of hydrogen-bond donors (Lipinski definition) is 0. The van der Waals surface area contributed by atoms with Crippen molar-refractivity contribution in [1.82, 2.24) is 14.6 Å². The predicted molar refractivity (Wildman–Crippen MR) is 120 cm³/mol. The minimum Gasteiger partial charge on any atom is -0.497 e. The molecule has 152 valence electrons. The Morgan fingerprint density at radius 3 is 2.53 bits per heavy atom. The van der Waals surface area contributed by atoms with Crippen LogP contribution in [0.2, 0.25) is 5.02 Å². The fraction of sp³-hybridized carbons (Fsp3) is 0.182. The molecular weight excluding hydrogens is 438 g/mol. The van der Waals surface area contributed by atoms with Crippen molar-refractivity contribution in [1.29, 1.82) is 0 Å². The van der Waals surface area contributed by atoms with Gasteiger partial charge in [-0.1, -0.05) is 29.4 Å². The van der Waals surface area contributed by atoms with E-state index in [1.54, 1.807) is 30.8 Å². The molecule has 0 N–H and O–H groups in total. The molecule has 5 rings (SSSR count). The Kier molecular flexibility index (Phi) is 5.60. The first-order valence-electron chi connectivity index (χ1n) is 9.47. The van der Waals surface area contributed by atoms with Crippen LogP contribution >= 0.6 is 35.3 Å². The van der Waals surface area contributed by atoms with Crippen molar-refractivity contribution in [3.8, 4) is 5.75 Å². The van der Waals surface area contributed by atoms with E-state index in [1.165, 1.54) is 11.1 Å². The lowest BCUT2D eigenvalue weighted by Gasteiger charge is -2.27. The first kappa shape index (κ1) is 19.8. The van der Waals surface area contributed by atoms with Crippen LogP contribution in [-0.4, -0.2) is 28.3 Å². The van der Waals surface area contributed by atoms with Crippen molar-refractivity contribution >= 4 is 46.3 Å². The second kappa shape index (κ2) is 8.51. The summed E-state index contributed by atoms with van der Waals surface area (Å²) < 4.78 is 12.7. The van der Waals surface area contributed by atoms with Crippen molar-refractivity contribution < 1.29 is 9.37 Å². The van der Waals surface area contributed by atoms with Crippen LogP contribution < -0.4 is 4.74 Å². The predicted octanol–water partition coefficient (Wildman–Crippen LogP) is 6.10. The standard InChI is InChI=1S/C22H18ClN3O2S2/c1-27-17-4-6-18(7-5-17)29-19-8-9-20(22-21(19)24-28-25-22)30-26-11-10-14-2-3-16(23)12-15(14)13-26/h2-9,12H,10-11,13H2,1H3. The quantitative estimate of drug-likeness (QED) is 0.337. The Morgan fingerprint density at radius 2 is 1.73 bits per heavy atom. The minimum atomic E-state index is 0.779. The van der Waals surface area contributed by atoms with Gasteiger partial charge in [0.25, 0.3) is 0 Å². The fourth-order valence-electron chi connectivity index (χ4n) is 3.46. The van der Waals surface area contributed by atoms with Crippen LogP contribution in [0.1, 0.15) is 11.1 Å². The van der Waals surface area contributed by atoms with Gasteiger partial charge in [0.15, 0.2) is 5.52 Å². The van der Waals surface area contributed by atoms with Crippen molar-refractivity contribution in [2.45, 2.75) is 27.7 Å². The summed E-state index contributed by atoms with van der Waals surface area (Å²) in [5.74, 6) is 0.837. The molecule has 1 aliphatic rings. The van der Waals surface area contributed by atoms with E-state index in [2.05, 4.69) is 38.9 Å². The molecule has 8 heteroatoms. The number of benzene rings is 3. The van der Waals surface area contributed by atoms with Crippen molar-refractivity contribution in [2.75, 3.05) is 13.7 Å². The van der Waals surface area contributed by atoms with Gasteiger partial charge in [0.05, 0.1) is 12.0 Å². The summed E-state index contributed by atoms with van der Waals surface area (Å²) in [5, 5.41) is 9.13. The highest BCUT2D eigenvalue weighted by Crippen LogP contribution is 2.39. The molecule has 0 atom stereocenters. The van der Waals surface area contributed by atoms with Gasteiger partial charge in [-0.05, 0) is 88.3 Å². The first-order chi connectivity index (χ1) is 14.7. The van der Waals surface area contributed by atoms with Gasteiger partial charge in [-0.2, -0.15) is 0 Å². The highest BCUT2D eigenvalue weighted by atomic mass is 35.5. The smallest absolute Gasteiger partial charge is 0.151 e. The topological polar surface area (TPSA) is 51.4 Å². The zero-order chi connectivity index (χ0) is 20.5. The molecule has 2 heterocycles. The third-order valence-corrected chi connectivity index (χ3v) is 7.39. The SMILES string of the molecule is COc1ccc(Sc2ccc(SN3CCc4ccc(Cl)cc4C3)c3nonc23)cc1. The molecule has 0 radical (unpaired) electrons. The molecular formula is C22H18ClN3O2S2. The summed E-state index contributed by atoms with van der Waals surface area (Å²) in [6.07, 6.45) is 1.01. The summed E-state index contributed by atoms with van der Waals surface area (Å²) in [4.78, 5) is 3.15. The van der Waals surface area contributed by atoms with Gasteiger partial charge in [0, 0.05) is 27.9 Å². The van der Waals surface area contributed by atoms with E-state index in [9.17, 15) is 0 Å². The molecule has 0 aliphatic carbocycles. The lowest BCUT2D eigenvalue weighted by Crippen LogP contribution is -2.24. The second-order valence-corrected chi connectivity index (χ2v) is 9.61. The van der Waals surface area contributed by atoms with Gasteiger partial charge >= 0.3 is 0 Å². The minimum absolute atomic E-state index is 0.779. The summed E-state index contributed by atoms with van der Waals surface area (Å²) in [6.45, 7) is 1.81. The monoisotopic (exact) mass is 455 g/mol. The van der Waals surface area contributed by atoms with E-state index in [1.807, 2.05) is 30.3 Å². The summed E-state index contributed by atoms with van der Waals surface area (Å²) in [5.41, 5.74) is 4.22. The maximum absolute atomic E-state index is 6.18. The molecule has 0 bridgehead atoms. The summed E-state index contributed by atoms with van der Waals surface area (Å²) in [6, 6.07) is 18.3. The van der Waals surface area contributed by atoms with Crippen molar-refractivity contribution in [2.24, 2.45) is 0 Å². The average molecular weight is 456 g/mol. The van der Waals surface area contributed by atoms with Gasteiger partial charge in [-0.3, -0.25) is 0 Å². The molecule has 3 aromatic carbocycles. The van der Waals surface area contributed by atoms with Crippen molar-refractivity contribution in [3.05, 3.63) is 70.7 Å². The highest BCUT2D eigenvalue weighted by Gasteiger charge is 2.20. The highest BCUT2D eigenvalue weighted by molar-refractivity contribution is 7.99. The van der Waals surface area contributed by atoms with Gasteiger partial charge < -0.3 is 4.74 Å². The number of fused-ring (bicyclic) bond motifs is 2. The van der Waals surface area contributed by atoms with Crippen LogP contribution in [0.5, 0.6) is 5.75 Å². The Balaban J connectivity index is 1.37. The zero-order valence-corrected chi connectivity index (χ0v) is 18.6. The molecule has 0 saturated heterocycles. The van der Waals surface area contributed by atoms with E-state index in [-0.39, 0.29) is 0 Å². The maximum atomic E-state index is 6.18. The summed E-state index contributed by atoms with van der Waals surface area (Å²) in [7, 11) is 1.67. The van der Waals surface area contributed by atoms with E-state index >= 15 is 0 Å². The summed E-state index contributed by atoms with van der Waals surface area (Å²) >= 11 is 9.51. The van der Waals surface area contributed by atoms with Crippen LogP contribution in [0.25, 0.3) is 11.0 Å². The van der Waals surface area contributed by atoms with Crippen LogP contribution in [0.15, 0.2) is 73.9 Å². The molecule has 4 aromatic rings.